The highest BCUT2D eigenvalue weighted by Crippen LogP contribution is 2.32. The molecule has 3 aromatic carbocycles. The molecule has 4 rings (SSSR count). The first-order chi connectivity index (χ1) is 14.1. The highest BCUT2D eigenvalue weighted by Gasteiger charge is 2.18. The lowest BCUT2D eigenvalue weighted by molar-refractivity contribution is -0.139. The predicted molar refractivity (Wildman–Crippen MR) is 106 cm³/mol. The highest BCUT2D eigenvalue weighted by molar-refractivity contribution is 6.35. The van der Waals surface area contributed by atoms with Crippen molar-refractivity contribution in [1.82, 2.24) is 10.6 Å². The molecule has 0 saturated heterocycles. The van der Waals surface area contributed by atoms with Gasteiger partial charge in [-0.1, -0.05) is 48.5 Å². The Labute approximate surface area is 167 Å². The number of aliphatic hydroxyl groups is 1. The molecule has 29 heavy (non-hydrogen) atoms. The average molecular weight is 392 g/mol. The van der Waals surface area contributed by atoms with Crippen LogP contribution in [0.15, 0.2) is 60.7 Å². The Morgan fingerprint density at radius 2 is 1.69 bits per heavy atom. The van der Waals surface area contributed by atoms with Crippen LogP contribution in [0.1, 0.15) is 17.2 Å². The maximum absolute atomic E-state index is 12.1. The van der Waals surface area contributed by atoms with Crippen molar-refractivity contribution in [2.75, 3.05) is 13.3 Å². The molecule has 0 fully saturated rings. The molecule has 0 saturated carbocycles. The van der Waals surface area contributed by atoms with Crippen molar-refractivity contribution >= 4 is 22.6 Å². The summed E-state index contributed by atoms with van der Waals surface area (Å²) in [6.07, 6.45) is -0.924. The van der Waals surface area contributed by atoms with E-state index in [2.05, 4.69) is 10.6 Å². The van der Waals surface area contributed by atoms with Crippen LogP contribution < -0.4 is 20.1 Å². The Balaban J connectivity index is 1.31. The quantitative estimate of drug-likeness (QED) is 0.578. The number of nitrogens with one attached hydrogen (secondary N) is 2. The van der Waals surface area contributed by atoms with Crippen molar-refractivity contribution in [3.63, 3.8) is 0 Å². The molecule has 148 valence electrons. The van der Waals surface area contributed by atoms with Crippen LogP contribution in [-0.4, -0.2) is 30.3 Å². The van der Waals surface area contributed by atoms with E-state index in [1.807, 2.05) is 36.4 Å². The smallest absolute Gasteiger partial charge is 0.309 e. The summed E-state index contributed by atoms with van der Waals surface area (Å²) in [6, 6.07) is 18.6. The lowest BCUT2D eigenvalue weighted by Gasteiger charge is -2.14. The van der Waals surface area contributed by atoms with Crippen LogP contribution >= 0.6 is 0 Å². The third-order valence-corrected chi connectivity index (χ3v) is 4.73. The van der Waals surface area contributed by atoms with Gasteiger partial charge in [0, 0.05) is 13.1 Å². The van der Waals surface area contributed by atoms with Gasteiger partial charge in [-0.3, -0.25) is 9.59 Å². The van der Waals surface area contributed by atoms with Gasteiger partial charge < -0.3 is 25.2 Å². The normalized spacial score (nSPS) is 13.1. The third-order valence-electron chi connectivity index (χ3n) is 4.73. The summed E-state index contributed by atoms with van der Waals surface area (Å²) in [6.45, 7) is 0.283. The summed E-state index contributed by atoms with van der Waals surface area (Å²) >= 11 is 0. The van der Waals surface area contributed by atoms with E-state index >= 15 is 0 Å². The SMILES string of the molecule is O=C(NCc1ccc2c(c1)OCO2)C(=O)NC[C@H](O)c1cccc2ccccc12. The van der Waals surface area contributed by atoms with Crippen LogP contribution in [0.2, 0.25) is 0 Å². The Bertz CT molecular complexity index is 1060. The van der Waals surface area contributed by atoms with Gasteiger partial charge in [0.2, 0.25) is 6.79 Å². The lowest BCUT2D eigenvalue weighted by atomic mass is 10.0. The molecule has 0 radical (unpaired) electrons. The van der Waals surface area contributed by atoms with E-state index in [1.54, 1.807) is 24.3 Å². The van der Waals surface area contributed by atoms with E-state index in [0.29, 0.717) is 17.1 Å². The Morgan fingerprint density at radius 1 is 0.931 bits per heavy atom. The largest absolute Gasteiger partial charge is 0.454 e. The van der Waals surface area contributed by atoms with Crippen LogP contribution in [0.25, 0.3) is 10.8 Å². The second-order valence-electron chi connectivity index (χ2n) is 6.66. The number of hydrogen-bond donors (Lipinski definition) is 3. The molecular weight excluding hydrogens is 372 g/mol. The molecule has 0 unspecified atom stereocenters. The van der Waals surface area contributed by atoms with Crippen LogP contribution in [-0.2, 0) is 16.1 Å². The Hall–Kier alpha value is -3.58. The molecular formula is C22H20N2O5. The molecule has 0 aliphatic carbocycles. The lowest BCUT2D eigenvalue weighted by Crippen LogP contribution is -2.41. The topological polar surface area (TPSA) is 96.9 Å². The van der Waals surface area contributed by atoms with Gasteiger partial charge in [-0.2, -0.15) is 0 Å². The monoisotopic (exact) mass is 392 g/mol. The number of ether oxygens (including phenoxy) is 2. The van der Waals surface area contributed by atoms with E-state index < -0.39 is 17.9 Å². The number of amides is 2. The van der Waals surface area contributed by atoms with E-state index in [0.717, 1.165) is 16.3 Å². The Morgan fingerprint density at radius 3 is 2.59 bits per heavy atom. The molecule has 0 aromatic heterocycles. The van der Waals surface area contributed by atoms with Crippen LogP contribution in [0.4, 0.5) is 0 Å². The maximum atomic E-state index is 12.1. The number of carbonyl (C=O) groups is 2. The molecule has 3 N–H and O–H groups in total. The molecule has 1 heterocycles. The predicted octanol–water partition coefficient (Wildman–Crippen LogP) is 2.03. The minimum absolute atomic E-state index is 0.0652. The van der Waals surface area contributed by atoms with Gasteiger partial charge in [-0.25, -0.2) is 0 Å². The van der Waals surface area contributed by atoms with Crippen molar-refractivity contribution in [1.29, 1.82) is 0 Å². The first-order valence-electron chi connectivity index (χ1n) is 9.22. The summed E-state index contributed by atoms with van der Waals surface area (Å²) in [5, 5.41) is 17.4. The molecule has 7 nitrogen and oxygen atoms in total. The molecule has 1 aliphatic heterocycles. The van der Waals surface area contributed by atoms with Gasteiger partial charge in [0.15, 0.2) is 11.5 Å². The third kappa shape index (κ3) is 4.14. The zero-order valence-corrected chi connectivity index (χ0v) is 15.6. The second kappa shape index (κ2) is 8.20. The number of rotatable bonds is 5. The van der Waals surface area contributed by atoms with E-state index in [9.17, 15) is 14.7 Å². The van der Waals surface area contributed by atoms with Crippen molar-refractivity contribution in [2.24, 2.45) is 0 Å². The average Bonchev–Trinajstić information content (AvgIpc) is 3.23. The van der Waals surface area contributed by atoms with Crippen molar-refractivity contribution in [2.45, 2.75) is 12.6 Å². The molecule has 0 bridgehead atoms. The minimum atomic E-state index is -0.924. The van der Waals surface area contributed by atoms with Crippen LogP contribution in [0, 0.1) is 0 Å². The fourth-order valence-electron chi connectivity index (χ4n) is 3.23. The number of fused-ring (bicyclic) bond motifs is 2. The fourth-order valence-corrected chi connectivity index (χ4v) is 3.23. The summed E-state index contributed by atoms with van der Waals surface area (Å²) in [7, 11) is 0. The van der Waals surface area contributed by atoms with E-state index in [1.165, 1.54) is 0 Å². The summed E-state index contributed by atoms with van der Waals surface area (Å²) in [4.78, 5) is 24.1. The minimum Gasteiger partial charge on any atom is -0.454 e. The second-order valence-corrected chi connectivity index (χ2v) is 6.66. The zero-order valence-electron chi connectivity index (χ0n) is 15.6. The van der Waals surface area contributed by atoms with Crippen LogP contribution in [0.3, 0.4) is 0 Å². The first-order valence-corrected chi connectivity index (χ1v) is 9.22. The summed E-state index contributed by atoms with van der Waals surface area (Å²) in [5.74, 6) is -0.308. The maximum Gasteiger partial charge on any atom is 0.309 e. The fraction of sp³-hybridized carbons (Fsp3) is 0.182. The van der Waals surface area contributed by atoms with E-state index in [-0.39, 0.29) is 19.9 Å². The molecule has 7 heteroatoms. The number of aliphatic hydroxyl groups excluding tert-OH is 1. The van der Waals surface area contributed by atoms with Crippen molar-refractivity contribution < 1.29 is 24.2 Å². The first kappa shape index (κ1) is 18.8. The Kier molecular flexibility index (Phi) is 5.31. The van der Waals surface area contributed by atoms with Gasteiger partial charge in [0.1, 0.15) is 0 Å². The number of hydrogen-bond acceptors (Lipinski definition) is 5. The van der Waals surface area contributed by atoms with Gasteiger partial charge in [0.05, 0.1) is 6.10 Å². The van der Waals surface area contributed by atoms with Gasteiger partial charge in [-0.15, -0.1) is 0 Å². The van der Waals surface area contributed by atoms with E-state index in [4.69, 9.17) is 9.47 Å². The highest BCUT2D eigenvalue weighted by atomic mass is 16.7. The van der Waals surface area contributed by atoms with Gasteiger partial charge >= 0.3 is 11.8 Å². The van der Waals surface area contributed by atoms with Gasteiger partial charge in [0.25, 0.3) is 0 Å². The standard InChI is InChI=1S/C22H20N2O5/c25-18(17-7-3-5-15-4-1-2-6-16(15)17)12-24-22(27)21(26)23-11-14-8-9-19-20(10-14)29-13-28-19/h1-10,18,25H,11-13H2,(H,23,26)(H,24,27)/t18-/m0/s1. The zero-order chi connectivity index (χ0) is 20.2. The molecule has 2 amide bonds. The summed E-state index contributed by atoms with van der Waals surface area (Å²) in [5.41, 5.74) is 1.48. The number of carbonyl (C=O) groups excluding carboxylic acids is 2. The van der Waals surface area contributed by atoms with Crippen molar-refractivity contribution in [3.8, 4) is 11.5 Å². The number of benzene rings is 3. The van der Waals surface area contributed by atoms with Gasteiger partial charge in [-0.05, 0) is 34.0 Å². The molecule has 0 spiro atoms. The molecule has 1 atom stereocenters. The molecule has 3 aromatic rings. The summed E-state index contributed by atoms with van der Waals surface area (Å²) < 4.78 is 10.5. The van der Waals surface area contributed by atoms with Crippen molar-refractivity contribution in [3.05, 3.63) is 71.8 Å². The van der Waals surface area contributed by atoms with Crippen LogP contribution in [0.5, 0.6) is 11.5 Å². The molecule has 1 aliphatic rings.